The number of fused-ring (bicyclic) bond motifs is 1. The van der Waals surface area contributed by atoms with E-state index < -0.39 is 0 Å². The molecule has 0 saturated carbocycles. The van der Waals surface area contributed by atoms with Crippen molar-refractivity contribution in [2.45, 2.75) is 38.8 Å². The van der Waals surface area contributed by atoms with Gasteiger partial charge in [-0.05, 0) is 36.8 Å². The van der Waals surface area contributed by atoms with E-state index in [-0.39, 0.29) is 11.9 Å². The Kier molecular flexibility index (Phi) is 3.61. The van der Waals surface area contributed by atoms with Gasteiger partial charge in [0.25, 0.3) is 0 Å². The Labute approximate surface area is 100 Å². The monoisotopic (exact) mass is 238 g/mol. The smallest absolute Gasteiger partial charge is 0.222 e. The van der Waals surface area contributed by atoms with Gasteiger partial charge in [-0.25, -0.2) is 0 Å². The Balaban J connectivity index is 1.90. The molecule has 1 aromatic heterocycles. The van der Waals surface area contributed by atoms with Crippen molar-refractivity contribution in [1.82, 2.24) is 4.90 Å². The third kappa shape index (κ3) is 2.62. The third-order valence-electron chi connectivity index (χ3n) is 2.97. The van der Waals surface area contributed by atoms with E-state index in [4.69, 9.17) is 5.73 Å². The van der Waals surface area contributed by atoms with Crippen LogP contribution in [0.4, 0.5) is 0 Å². The van der Waals surface area contributed by atoms with Crippen LogP contribution < -0.4 is 5.73 Å². The lowest BCUT2D eigenvalue weighted by Gasteiger charge is -2.27. The number of nitrogens with zero attached hydrogens (tertiary/aromatic N) is 1. The highest BCUT2D eigenvalue weighted by atomic mass is 32.1. The van der Waals surface area contributed by atoms with Crippen molar-refractivity contribution in [3.63, 3.8) is 0 Å². The molecule has 88 valence electrons. The summed E-state index contributed by atoms with van der Waals surface area (Å²) in [7, 11) is 0. The number of thiophene rings is 1. The topological polar surface area (TPSA) is 46.3 Å². The van der Waals surface area contributed by atoms with Crippen LogP contribution in [-0.2, 0) is 17.8 Å². The Morgan fingerprint density at radius 3 is 3.25 bits per heavy atom. The summed E-state index contributed by atoms with van der Waals surface area (Å²) in [4.78, 5) is 15.3. The molecular formula is C12H18N2OS. The van der Waals surface area contributed by atoms with E-state index in [0.717, 1.165) is 25.9 Å². The summed E-state index contributed by atoms with van der Waals surface area (Å²) in [5.41, 5.74) is 6.99. The zero-order valence-electron chi connectivity index (χ0n) is 9.61. The van der Waals surface area contributed by atoms with Gasteiger partial charge in [0.15, 0.2) is 0 Å². The average Bonchev–Trinajstić information content (AvgIpc) is 2.72. The maximum absolute atomic E-state index is 11.9. The lowest BCUT2D eigenvalue weighted by atomic mass is 10.1. The summed E-state index contributed by atoms with van der Waals surface area (Å²) in [6.45, 7) is 3.60. The van der Waals surface area contributed by atoms with Gasteiger partial charge >= 0.3 is 0 Å². The molecule has 0 aliphatic carbocycles. The van der Waals surface area contributed by atoms with Crippen molar-refractivity contribution in [3.8, 4) is 0 Å². The van der Waals surface area contributed by atoms with E-state index >= 15 is 0 Å². The molecule has 2 heterocycles. The summed E-state index contributed by atoms with van der Waals surface area (Å²) >= 11 is 1.80. The highest BCUT2D eigenvalue weighted by Crippen LogP contribution is 2.24. The largest absolute Gasteiger partial charge is 0.338 e. The molecule has 0 radical (unpaired) electrons. The van der Waals surface area contributed by atoms with E-state index in [1.807, 2.05) is 11.8 Å². The molecule has 0 bridgehead atoms. The fraction of sp³-hybridized carbons (Fsp3) is 0.583. The van der Waals surface area contributed by atoms with Gasteiger partial charge in [0.2, 0.25) is 5.91 Å². The van der Waals surface area contributed by atoms with Crippen LogP contribution in [0.3, 0.4) is 0 Å². The van der Waals surface area contributed by atoms with Crippen molar-refractivity contribution >= 4 is 17.2 Å². The van der Waals surface area contributed by atoms with Crippen LogP contribution in [0.25, 0.3) is 0 Å². The van der Waals surface area contributed by atoms with Crippen LogP contribution >= 0.6 is 11.3 Å². The number of carbonyl (C=O) groups is 1. The second-order valence-electron chi connectivity index (χ2n) is 4.45. The predicted octanol–water partition coefficient (Wildman–Crippen LogP) is 1.76. The molecule has 2 N–H and O–H groups in total. The summed E-state index contributed by atoms with van der Waals surface area (Å²) in [5, 5.41) is 2.11. The van der Waals surface area contributed by atoms with Gasteiger partial charge in [0.05, 0.1) is 0 Å². The number of hydrogen-bond donors (Lipinski definition) is 1. The van der Waals surface area contributed by atoms with Gasteiger partial charge < -0.3 is 10.6 Å². The lowest BCUT2D eigenvalue weighted by molar-refractivity contribution is -0.132. The fourth-order valence-electron chi connectivity index (χ4n) is 1.97. The number of carbonyl (C=O) groups excluding carboxylic acids is 1. The van der Waals surface area contributed by atoms with Crippen molar-refractivity contribution in [3.05, 3.63) is 21.9 Å². The second kappa shape index (κ2) is 4.97. The maximum atomic E-state index is 11.9. The molecule has 1 atom stereocenters. The Morgan fingerprint density at radius 2 is 2.50 bits per heavy atom. The molecule has 1 unspecified atom stereocenters. The molecule has 4 heteroatoms. The van der Waals surface area contributed by atoms with Crippen LogP contribution in [0.2, 0.25) is 0 Å². The summed E-state index contributed by atoms with van der Waals surface area (Å²) in [5.74, 6) is 0.245. The van der Waals surface area contributed by atoms with E-state index in [1.54, 1.807) is 11.3 Å². The molecule has 1 amide bonds. The van der Waals surface area contributed by atoms with Gasteiger partial charge in [-0.15, -0.1) is 11.3 Å². The minimum absolute atomic E-state index is 0.116. The van der Waals surface area contributed by atoms with E-state index in [0.29, 0.717) is 6.42 Å². The van der Waals surface area contributed by atoms with Crippen LogP contribution in [0, 0.1) is 0 Å². The van der Waals surface area contributed by atoms with Gasteiger partial charge in [-0.2, -0.15) is 0 Å². The molecule has 1 aliphatic heterocycles. The van der Waals surface area contributed by atoms with Crippen LogP contribution in [0.5, 0.6) is 0 Å². The van der Waals surface area contributed by atoms with Gasteiger partial charge in [-0.1, -0.05) is 0 Å². The zero-order valence-corrected chi connectivity index (χ0v) is 10.4. The van der Waals surface area contributed by atoms with Crippen molar-refractivity contribution < 1.29 is 4.79 Å². The number of amides is 1. The zero-order chi connectivity index (χ0) is 11.5. The normalized spacial score (nSPS) is 17.0. The molecule has 0 aromatic carbocycles. The lowest BCUT2D eigenvalue weighted by Crippen LogP contribution is -2.35. The predicted molar refractivity (Wildman–Crippen MR) is 66.3 cm³/mol. The Morgan fingerprint density at radius 1 is 1.69 bits per heavy atom. The van der Waals surface area contributed by atoms with Crippen molar-refractivity contribution in [1.29, 1.82) is 0 Å². The first-order valence-corrected chi connectivity index (χ1v) is 6.63. The van der Waals surface area contributed by atoms with Crippen molar-refractivity contribution in [2.75, 3.05) is 6.54 Å². The molecule has 3 nitrogen and oxygen atoms in total. The molecule has 2 rings (SSSR count). The molecule has 0 saturated heterocycles. The van der Waals surface area contributed by atoms with Crippen LogP contribution in [0.15, 0.2) is 11.4 Å². The summed E-state index contributed by atoms with van der Waals surface area (Å²) in [6, 6.07) is 2.25. The maximum Gasteiger partial charge on any atom is 0.222 e. The standard InChI is InChI=1S/C12H18N2OS/c1-9(13)2-3-12(15)14-6-4-11-10(8-14)5-7-16-11/h5,7,9H,2-4,6,8,13H2,1H3. The second-order valence-corrected chi connectivity index (χ2v) is 5.45. The first-order chi connectivity index (χ1) is 7.66. The average molecular weight is 238 g/mol. The fourth-order valence-corrected chi connectivity index (χ4v) is 2.86. The highest BCUT2D eigenvalue weighted by Gasteiger charge is 2.20. The molecule has 1 aromatic rings. The van der Waals surface area contributed by atoms with Gasteiger partial charge in [0, 0.05) is 30.4 Å². The summed E-state index contributed by atoms with van der Waals surface area (Å²) < 4.78 is 0. The minimum atomic E-state index is 0.116. The van der Waals surface area contributed by atoms with Crippen LogP contribution in [-0.4, -0.2) is 23.4 Å². The Bertz CT molecular complexity index is 373. The number of hydrogen-bond acceptors (Lipinski definition) is 3. The van der Waals surface area contributed by atoms with Gasteiger partial charge in [0.1, 0.15) is 0 Å². The van der Waals surface area contributed by atoms with E-state index in [9.17, 15) is 4.79 Å². The molecule has 0 fully saturated rings. The Hall–Kier alpha value is -0.870. The number of nitrogens with two attached hydrogens (primary N) is 1. The summed E-state index contributed by atoms with van der Waals surface area (Å²) in [6.07, 6.45) is 2.37. The molecule has 0 spiro atoms. The minimum Gasteiger partial charge on any atom is -0.338 e. The van der Waals surface area contributed by atoms with E-state index in [2.05, 4.69) is 11.4 Å². The molecule has 1 aliphatic rings. The first kappa shape index (κ1) is 11.6. The van der Waals surface area contributed by atoms with Crippen molar-refractivity contribution in [2.24, 2.45) is 5.73 Å². The van der Waals surface area contributed by atoms with Crippen LogP contribution in [0.1, 0.15) is 30.2 Å². The SMILES string of the molecule is CC(N)CCC(=O)N1CCc2sccc2C1. The first-order valence-electron chi connectivity index (χ1n) is 5.75. The van der Waals surface area contributed by atoms with E-state index in [1.165, 1.54) is 10.4 Å². The molecule has 16 heavy (non-hydrogen) atoms. The molecular weight excluding hydrogens is 220 g/mol. The number of rotatable bonds is 3. The van der Waals surface area contributed by atoms with Gasteiger partial charge in [-0.3, -0.25) is 4.79 Å². The third-order valence-corrected chi connectivity index (χ3v) is 4.00. The highest BCUT2D eigenvalue weighted by molar-refractivity contribution is 7.10. The quantitative estimate of drug-likeness (QED) is 0.872.